The number of benzene rings is 1. The van der Waals surface area contributed by atoms with Gasteiger partial charge in [0.1, 0.15) is 0 Å². The Morgan fingerprint density at radius 3 is 2.61 bits per heavy atom. The van der Waals surface area contributed by atoms with Crippen molar-refractivity contribution in [1.82, 2.24) is 10.3 Å². The van der Waals surface area contributed by atoms with Crippen molar-refractivity contribution >= 4 is 5.91 Å². The van der Waals surface area contributed by atoms with Crippen molar-refractivity contribution in [3.63, 3.8) is 0 Å². The molecule has 1 aliphatic rings. The van der Waals surface area contributed by atoms with Gasteiger partial charge < -0.3 is 10.1 Å². The zero-order chi connectivity index (χ0) is 15.9. The molecule has 1 aromatic heterocycles. The monoisotopic (exact) mass is 310 g/mol. The topological polar surface area (TPSA) is 51.2 Å². The van der Waals surface area contributed by atoms with Gasteiger partial charge in [-0.25, -0.2) is 0 Å². The Bertz CT molecular complexity index is 570. The van der Waals surface area contributed by atoms with Gasteiger partial charge in [-0.3, -0.25) is 9.78 Å². The lowest BCUT2D eigenvalue weighted by Crippen LogP contribution is -2.29. The second kappa shape index (κ2) is 7.88. The minimum absolute atomic E-state index is 0.0613. The van der Waals surface area contributed by atoms with E-state index in [1.807, 2.05) is 42.5 Å². The first-order chi connectivity index (χ1) is 11.3. The fourth-order valence-corrected chi connectivity index (χ4v) is 2.96. The first-order valence-electron chi connectivity index (χ1n) is 8.19. The largest absolute Gasteiger partial charge is 0.378 e. The highest BCUT2D eigenvalue weighted by atomic mass is 16.5. The zero-order valence-corrected chi connectivity index (χ0v) is 13.2. The fourth-order valence-electron chi connectivity index (χ4n) is 2.96. The van der Waals surface area contributed by atoms with Gasteiger partial charge in [-0.2, -0.15) is 0 Å². The average Bonchev–Trinajstić information content (AvgIpc) is 3.13. The molecule has 0 radical (unpaired) electrons. The molecular weight excluding hydrogens is 288 g/mol. The van der Waals surface area contributed by atoms with Gasteiger partial charge in [0, 0.05) is 25.4 Å². The van der Waals surface area contributed by atoms with Gasteiger partial charge in [-0.1, -0.05) is 30.3 Å². The number of rotatable bonds is 6. The smallest absolute Gasteiger partial charge is 0.220 e. The van der Waals surface area contributed by atoms with E-state index < -0.39 is 0 Å². The number of hydrogen-bond donors (Lipinski definition) is 1. The predicted molar refractivity (Wildman–Crippen MR) is 88.9 cm³/mol. The van der Waals surface area contributed by atoms with Crippen molar-refractivity contribution in [2.24, 2.45) is 0 Å². The summed E-state index contributed by atoms with van der Waals surface area (Å²) in [6.07, 6.45) is 7.23. The van der Waals surface area contributed by atoms with E-state index in [-0.39, 0.29) is 18.1 Å². The van der Waals surface area contributed by atoms with E-state index in [1.54, 1.807) is 12.4 Å². The quantitative estimate of drug-likeness (QED) is 0.891. The summed E-state index contributed by atoms with van der Waals surface area (Å²) in [4.78, 5) is 16.4. The molecule has 0 saturated carbocycles. The van der Waals surface area contributed by atoms with E-state index in [2.05, 4.69) is 10.3 Å². The summed E-state index contributed by atoms with van der Waals surface area (Å²) in [7, 11) is 0. The number of hydrogen-bond acceptors (Lipinski definition) is 3. The van der Waals surface area contributed by atoms with Crippen LogP contribution in [0.4, 0.5) is 0 Å². The predicted octanol–water partition coefficient (Wildman–Crippen LogP) is 3.25. The van der Waals surface area contributed by atoms with Crippen LogP contribution in [0.2, 0.25) is 0 Å². The van der Waals surface area contributed by atoms with Gasteiger partial charge >= 0.3 is 0 Å². The summed E-state index contributed by atoms with van der Waals surface area (Å²) < 4.78 is 5.59. The van der Waals surface area contributed by atoms with Crippen LogP contribution in [0.5, 0.6) is 0 Å². The highest BCUT2D eigenvalue weighted by Crippen LogP contribution is 2.22. The number of nitrogens with zero attached hydrogens (tertiary/aromatic N) is 1. The van der Waals surface area contributed by atoms with Crippen LogP contribution in [0.3, 0.4) is 0 Å². The summed E-state index contributed by atoms with van der Waals surface area (Å²) in [5.74, 6) is 0.0613. The number of ether oxygens (including phenoxy) is 1. The van der Waals surface area contributed by atoms with Crippen LogP contribution in [0.15, 0.2) is 54.9 Å². The Labute approximate surface area is 136 Å². The van der Waals surface area contributed by atoms with Crippen LogP contribution in [-0.2, 0) is 9.53 Å². The molecule has 1 saturated heterocycles. The third-order valence-electron chi connectivity index (χ3n) is 4.20. The molecule has 1 aromatic carbocycles. The number of pyridine rings is 1. The van der Waals surface area contributed by atoms with Crippen molar-refractivity contribution in [1.29, 1.82) is 0 Å². The summed E-state index contributed by atoms with van der Waals surface area (Å²) in [5.41, 5.74) is 2.11. The lowest BCUT2D eigenvalue weighted by Gasteiger charge is -2.20. The lowest BCUT2D eigenvalue weighted by molar-refractivity contribution is -0.122. The SMILES string of the molecule is O=C(CC[C@H]1CCCO1)NC(c1ccccc1)c1ccncc1. The molecule has 3 rings (SSSR count). The number of carbonyl (C=O) groups excluding carboxylic acids is 1. The van der Waals surface area contributed by atoms with Crippen molar-refractivity contribution in [2.75, 3.05) is 6.61 Å². The third-order valence-corrected chi connectivity index (χ3v) is 4.20. The maximum atomic E-state index is 12.4. The Balaban J connectivity index is 1.67. The molecule has 1 N–H and O–H groups in total. The van der Waals surface area contributed by atoms with E-state index in [4.69, 9.17) is 4.74 Å². The first-order valence-corrected chi connectivity index (χ1v) is 8.19. The fraction of sp³-hybridized carbons (Fsp3) is 0.368. The van der Waals surface area contributed by atoms with E-state index in [9.17, 15) is 4.79 Å². The molecule has 1 aliphatic heterocycles. The molecule has 4 nitrogen and oxygen atoms in total. The Hall–Kier alpha value is -2.20. The van der Waals surface area contributed by atoms with E-state index in [0.29, 0.717) is 6.42 Å². The lowest BCUT2D eigenvalue weighted by atomic mass is 9.99. The highest BCUT2D eigenvalue weighted by Gasteiger charge is 2.20. The van der Waals surface area contributed by atoms with E-state index >= 15 is 0 Å². The normalized spacial score (nSPS) is 18.5. The van der Waals surface area contributed by atoms with Crippen molar-refractivity contribution in [3.8, 4) is 0 Å². The van der Waals surface area contributed by atoms with Crippen LogP contribution >= 0.6 is 0 Å². The first kappa shape index (κ1) is 15.7. The van der Waals surface area contributed by atoms with Crippen LogP contribution in [0.1, 0.15) is 42.9 Å². The molecule has 1 unspecified atom stereocenters. The van der Waals surface area contributed by atoms with Gasteiger partial charge in [0.2, 0.25) is 5.91 Å². The Morgan fingerprint density at radius 1 is 1.17 bits per heavy atom. The van der Waals surface area contributed by atoms with Crippen molar-refractivity contribution in [3.05, 3.63) is 66.0 Å². The van der Waals surface area contributed by atoms with Crippen LogP contribution < -0.4 is 5.32 Å². The third kappa shape index (κ3) is 4.39. The molecule has 2 atom stereocenters. The number of amides is 1. The van der Waals surface area contributed by atoms with Crippen LogP contribution in [0.25, 0.3) is 0 Å². The van der Waals surface area contributed by atoms with Gasteiger partial charge in [-0.05, 0) is 42.5 Å². The zero-order valence-electron chi connectivity index (χ0n) is 13.2. The Kier molecular flexibility index (Phi) is 5.37. The molecule has 4 heteroatoms. The standard InChI is InChI=1S/C19H22N2O2/c22-18(9-8-17-7-4-14-23-17)21-19(15-5-2-1-3-6-15)16-10-12-20-13-11-16/h1-3,5-6,10-13,17,19H,4,7-9,14H2,(H,21,22)/t17-,19?/m1/s1. The Morgan fingerprint density at radius 2 is 1.91 bits per heavy atom. The number of nitrogens with one attached hydrogen (secondary N) is 1. The molecule has 2 heterocycles. The molecule has 23 heavy (non-hydrogen) atoms. The maximum Gasteiger partial charge on any atom is 0.220 e. The molecule has 2 aromatic rings. The molecule has 1 fully saturated rings. The maximum absolute atomic E-state index is 12.4. The van der Waals surface area contributed by atoms with Gasteiger partial charge in [-0.15, -0.1) is 0 Å². The van der Waals surface area contributed by atoms with Gasteiger partial charge in [0.15, 0.2) is 0 Å². The molecule has 0 bridgehead atoms. The summed E-state index contributed by atoms with van der Waals surface area (Å²) in [6.45, 7) is 0.829. The summed E-state index contributed by atoms with van der Waals surface area (Å²) in [5, 5.41) is 3.15. The van der Waals surface area contributed by atoms with E-state index in [0.717, 1.165) is 37.0 Å². The average molecular weight is 310 g/mol. The minimum Gasteiger partial charge on any atom is -0.378 e. The second-order valence-corrected chi connectivity index (χ2v) is 5.87. The molecule has 0 aliphatic carbocycles. The second-order valence-electron chi connectivity index (χ2n) is 5.87. The van der Waals surface area contributed by atoms with Crippen molar-refractivity contribution < 1.29 is 9.53 Å². The molecular formula is C19H22N2O2. The van der Waals surface area contributed by atoms with Crippen LogP contribution in [0, 0.1) is 0 Å². The summed E-state index contributed by atoms with van der Waals surface area (Å²) >= 11 is 0. The molecule has 0 spiro atoms. The summed E-state index contributed by atoms with van der Waals surface area (Å²) in [6, 6.07) is 13.8. The van der Waals surface area contributed by atoms with Crippen molar-refractivity contribution in [2.45, 2.75) is 37.8 Å². The molecule has 120 valence electrons. The minimum atomic E-state index is -0.142. The van der Waals surface area contributed by atoms with E-state index in [1.165, 1.54) is 0 Å². The number of carbonyl (C=O) groups is 1. The highest BCUT2D eigenvalue weighted by molar-refractivity contribution is 5.77. The van der Waals surface area contributed by atoms with Gasteiger partial charge in [0.25, 0.3) is 0 Å². The molecule has 1 amide bonds. The van der Waals surface area contributed by atoms with Crippen LogP contribution in [-0.4, -0.2) is 23.6 Å². The van der Waals surface area contributed by atoms with Gasteiger partial charge in [0.05, 0.1) is 12.1 Å². The number of aromatic nitrogens is 1.